The van der Waals surface area contributed by atoms with Crippen molar-refractivity contribution in [2.45, 2.75) is 19.9 Å². The van der Waals surface area contributed by atoms with Gasteiger partial charge >= 0.3 is 12.0 Å². The van der Waals surface area contributed by atoms with E-state index in [0.29, 0.717) is 30.5 Å². The number of esters is 1. The Kier molecular flexibility index (Phi) is 4.97. The summed E-state index contributed by atoms with van der Waals surface area (Å²) in [7, 11) is 0. The maximum absolute atomic E-state index is 11.9. The van der Waals surface area contributed by atoms with E-state index in [1.807, 2.05) is 0 Å². The van der Waals surface area contributed by atoms with E-state index in [4.69, 9.17) is 4.74 Å². The second kappa shape index (κ2) is 6.71. The van der Waals surface area contributed by atoms with Crippen LogP contribution in [-0.2, 0) is 9.53 Å². The molecule has 2 aliphatic heterocycles. The van der Waals surface area contributed by atoms with E-state index >= 15 is 0 Å². The minimum absolute atomic E-state index is 0.224. The average molecular weight is 282 g/mol. The minimum atomic E-state index is -0.363. The smallest absolute Gasteiger partial charge is 0.337 e. The van der Waals surface area contributed by atoms with Gasteiger partial charge in [-0.25, -0.2) is 9.59 Å². The number of nitrogens with one attached hydrogen (secondary N) is 3. The topological polar surface area (TPSA) is 82.7 Å². The molecule has 2 rings (SSSR count). The van der Waals surface area contributed by atoms with E-state index in [2.05, 4.69) is 27.8 Å². The molecule has 3 N–H and O–H groups in total. The van der Waals surface area contributed by atoms with Crippen LogP contribution in [0.15, 0.2) is 11.3 Å². The Morgan fingerprint density at radius 1 is 1.50 bits per heavy atom. The van der Waals surface area contributed by atoms with Crippen LogP contribution < -0.4 is 16.0 Å². The number of carbonyl (C=O) groups excluding carboxylic acids is 2. The van der Waals surface area contributed by atoms with Crippen molar-refractivity contribution in [2.75, 3.05) is 39.3 Å². The lowest BCUT2D eigenvalue weighted by Crippen LogP contribution is -2.52. The first kappa shape index (κ1) is 14.8. The summed E-state index contributed by atoms with van der Waals surface area (Å²) < 4.78 is 5.04. The fourth-order valence-electron chi connectivity index (χ4n) is 2.46. The summed E-state index contributed by atoms with van der Waals surface area (Å²) in [5, 5.41) is 8.71. The fraction of sp³-hybridized carbons (Fsp3) is 0.692. The van der Waals surface area contributed by atoms with Crippen molar-refractivity contribution in [2.24, 2.45) is 0 Å². The molecule has 1 fully saturated rings. The maximum Gasteiger partial charge on any atom is 0.337 e. The Morgan fingerprint density at radius 3 is 3.00 bits per heavy atom. The Labute approximate surface area is 118 Å². The van der Waals surface area contributed by atoms with Crippen LogP contribution in [0.5, 0.6) is 0 Å². The van der Waals surface area contributed by atoms with Crippen LogP contribution in [0.1, 0.15) is 13.8 Å². The first-order chi connectivity index (χ1) is 9.60. The normalized spacial score (nSPS) is 24.1. The molecule has 0 radical (unpaired) electrons. The number of nitrogens with zero attached hydrogens (tertiary/aromatic N) is 1. The van der Waals surface area contributed by atoms with Crippen molar-refractivity contribution in [3.63, 3.8) is 0 Å². The molecule has 0 aliphatic carbocycles. The van der Waals surface area contributed by atoms with Gasteiger partial charge in [0.2, 0.25) is 0 Å². The van der Waals surface area contributed by atoms with Gasteiger partial charge in [-0.2, -0.15) is 0 Å². The van der Waals surface area contributed by atoms with Gasteiger partial charge in [0.15, 0.2) is 0 Å². The molecule has 7 nitrogen and oxygen atoms in total. The second-order valence-electron chi connectivity index (χ2n) is 5.08. The van der Waals surface area contributed by atoms with Crippen LogP contribution in [-0.4, -0.2) is 62.3 Å². The zero-order valence-corrected chi connectivity index (χ0v) is 12.0. The second-order valence-corrected chi connectivity index (χ2v) is 5.08. The summed E-state index contributed by atoms with van der Waals surface area (Å²) in [6.45, 7) is 7.70. The highest BCUT2D eigenvalue weighted by molar-refractivity contribution is 5.93. The van der Waals surface area contributed by atoms with Crippen LogP contribution >= 0.6 is 0 Å². The molecular formula is C13H22N4O3. The summed E-state index contributed by atoms with van der Waals surface area (Å²) >= 11 is 0. The van der Waals surface area contributed by atoms with Gasteiger partial charge in [-0.1, -0.05) is 0 Å². The number of piperazine rings is 1. The summed E-state index contributed by atoms with van der Waals surface area (Å²) in [4.78, 5) is 25.6. The SMILES string of the molecule is CCOC(=O)C1=C(CN2CCNC(C)C2)NC(=O)NC1. The highest BCUT2D eigenvalue weighted by Crippen LogP contribution is 2.11. The molecule has 0 bridgehead atoms. The number of urea groups is 1. The van der Waals surface area contributed by atoms with Crippen molar-refractivity contribution in [3.05, 3.63) is 11.3 Å². The van der Waals surface area contributed by atoms with E-state index in [0.717, 1.165) is 19.6 Å². The molecule has 2 heterocycles. The number of ether oxygens (including phenoxy) is 1. The lowest BCUT2D eigenvalue weighted by Gasteiger charge is -2.33. The Morgan fingerprint density at radius 2 is 2.30 bits per heavy atom. The molecule has 7 heteroatoms. The van der Waals surface area contributed by atoms with Crippen LogP contribution in [0.4, 0.5) is 4.79 Å². The van der Waals surface area contributed by atoms with Crippen molar-refractivity contribution >= 4 is 12.0 Å². The van der Waals surface area contributed by atoms with Crippen LogP contribution in [0, 0.1) is 0 Å². The number of hydrogen-bond donors (Lipinski definition) is 3. The molecule has 1 unspecified atom stereocenters. The quantitative estimate of drug-likeness (QED) is 0.600. The third-order valence-corrected chi connectivity index (χ3v) is 3.41. The molecule has 2 aliphatic rings. The predicted octanol–water partition coefficient (Wildman–Crippen LogP) is -0.590. The highest BCUT2D eigenvalue weighted by atomic mass is 16.5. The van der Waals surface area contributed by atoms with E-state index in [1.165, 1.54) is 0 Å². The molecule has 0 saturated carbocycles. The van der Waals surface area contributed by atoms with E-state index < -0.39 is 0 Å². The molecule has 112 valence electrons. The first-order valence-electron chi connectivity index (χ1n) is 7.00. The fourth-order valence-corrected chi connectivity index (χ4v) is 2.46. The van der Waals surface area contributed by atoms with Gasteiger partial charge in [0.05, 0.1) is 18.7 Å². The molecular weight excluding hydrogens is 260 g/mol. The van der Waals surface area contributed by atoms with E-state index in [9.17, 15) is 9.59 Å². The van der Waals surface area contributed by atoms with Crippen LogP contribution in [0.25, 0.3) is 0 Å². The molecule has 0 aromatic heterocycles. The van der Waals surface area contributed by atoms with E-state index in [1.54, 1.807) is 6.92 Å². The number of amides is 2. The summed E-state index contributed by atoms with van der Waals surface area (Å²) in [6, 6.07) is 0.143. The largest absolute Gasteiger partial charge is 0.463 e. The monoisotopic (exact) mass is 282 g/mol. The van der Waals surface area contributed by atoms with Gasteiger partial charge in [0.1, 0.15) is 0 Å². The van der Waals surface area contributed by atoms with Gasteiger partial charge in [-0.15, -0.1) is 0 Å². The van der Waals surface area contributed by atoms with Crippen LogP contribution in [0.3, 0.4) is 0 Å². The first-order valence-corrected chi connectivity index (χ1v) is 7.00. The van der Waals surface area contributed by atoms with Crippen molar-refractivity contribution in [1.29, 1.82) is 0 Å². The molecule has 0 aromatic carbocycles. The molecule has 0 aromatic rings. The zero-order valence-electron chi connectivity index (χ0n) is 12.0. The number of hydrogen-bond acceptors (Lipinski definition) is 5. The van der Waals surface area contributed by atoms with Crippen molar-refractivity contribution in [3.8, 4) is 0 Å². The molecule has 1 saturated heterocycles. The predicted molar refractivity (Wildman–Crippen MR) is 74.1 cm³/mol. The standard InChI is InChI=1S/C13H22N4O3/c1-3-20-12(18)10-6-15-13(19)16-11(10)8-17-5-4-14-9(2)7-17/h9,14H,3-8H2,1-2H3,(H2,15,16,19). The number of rotatable bonds is 4. The van der Waals surface area contributed by atoms with Gasteiger partial charge in [0, 0.05) is 37.9 Å². The van der Waals surface area contributed by atoms with Gasteiger partial charge in [-0.3, -0.25) is 4.90 Å². The lowest BCUT2D eigenvalue weighted by molar-refractivity contribution is -0.138. The lowest BCUT2D eigenvalue weighted by atomic mass is 10.1. The Hall–Kier alpha value is -1.60. The van der Waals surface area contributed by atoms with Gasteiger partial charge < -0.3 is 20.7 Å². The van der Waals surface area contributed by atoms with Gasteiger partial charge in [0.25, 0.3) is 0 Å². The van der Waals surface area contributed by atoms with Gasteiger partial charge in [-0.05, 0) is 13.8 Å². The molecule has 0 spiro atoms. The molecule has 1 atom stereocenters. The highest BCUT2D eigenvalue weighted by Gasteiger charge is 2.26. The zero-order chi connectivity index (χ0) is 14.5. The van der Waals surface area contributed by atoms with E-state index in [-0.39, 0.29) is 18.5 Å². The average Bonchev–Trinajstić information content (AvgIpc) is 2.39. The Balaban J connectivity index is 2.09. The Bertz CT molecular complexity index is 422. The molecule has 20 heavy (non-hydrogen) atoms. The summed E-state index contributed by atoms with van der Waals surface area (Å²) in [5.41, 5.74) is 1.17. The third-order valence-electron chi connectivity index (χ3n) is 3.41. The maximum atomic E-state index is 11.9. The summed E-state index contributed by atoms with van der Waals surface area (Å²) in [6.07, 6.45) is 0. The third kappa shape index (κ3) is 3.71. The molecule has 2 amide bonds. The summed E-state index contributed by atoms with van der Waals surface area (Å²) in [5.74, 6) is -0.363. The number of carbonyl (C=O) groups is 2. The van der Waals surface area contributed by atoms with Crippen molar-refractivity contribution < 1.29 is 14.3 Å². The van der Waals surface area contributed by atoms with Crippen molar-refractivity contribution in [1.82, 2.24) is 20.9 Å². The minimum Gasteiger partial charge on any atom is -0.463 e. The van der Waals surface area contributed by atoms with Crippen LogP contribution in [0.2, 0.25) is 0 Å².